The van der Waals surface area contributed by atoms with E-state index in [1.807, 2.05) is 0 Å². The molecule has 1 heterocycles. The van der Waals surface area contributed by atoms with Crippen LogP contribution in [0.5, 0.6) is 11.5 Å². The monoisotopic (exact) mass is 390 g/mol. The van der Waals surface area contributed by atoms with Crippen LogP contribution >= 0.6 is 0 Å². The molecule has 0 radical (unpaired) electrons. The second-order valence-corrected chi connectivity index (χ2v) is 8.17. The Labute approximate surface area is 158 Å². The standard InChI is InChI=1S/C19H22N2O5S/c1-25-17-5-4-6-18(13-17)26-14-19(22)20-15-7-9-16(10-8-15)21-11-2-3-12-27(21,23)24/h4-10,13H,2-3,11-12,14H2,1H3,(H,20,22). The third-order valence-corrected chi connectivity index (χ3v) is 6.07. The molecule has 2 aromatic carbocycles. The van der Waals surface area contributed by atoms with Crippen LogP contribution in [0.1, 0.15) is 12.8 Å². The molecule has 0 unspecified atom stereocenters. The normalized spacial score (nSPS) is 15.8. The van der Waals surface area contributed by atoms with Crippen molar-refractivity contribution in [2.24, 2.45) is 0 Å². The van der Waals surface area contributed by atoms with Crippen LogP contribution in [0.15, 0.2) is 48.5 Å². The quantitative estimate of drug-likeness (QED) is 0.820. The van der Waals surface area contributed by atoms with Gasteiger partial charge < -0.3 is 14.8 Å². The summed E-state index contributed by atoms with van der Waals surface area (Å²) in [6, 6.07) is 13.8. The number of carbonyl (C=O) groups excluding carboxylic acids is 1. The van der Waals surface area contributed by atoms with Crippen molar-refractivity contribution in [3.63, 3.8) is 0 Å². The minimum absolute atomic E-state index is 0.143. The van der Waals surface area contributed by atoms with Gasteiger partial charge in [0, 0.05) is 18.3 Å². The van der Waals surface area contributed by atoms with E-state index in [1.54, 1.807) is 55.6 Å². The van der Waals surface area contributed by atoms with Gasteiger partial charge in [0.1, 0.15) is 11.5 Å². The first-order valence-electron chi connectivity index (χ1n) is 8.65. The van der Waals surface area contributed by atoms with Gasteiger partial charge in [-0.3, -0.25) is 9.10 Å². The zero-order valence-electron chi connectivity index (χ0n) is 15.1. The molecule has 1 amide bonds. The molecule has 0 atom stereocenters. The van der Waals surface area contributed by atoms with E-state index in [9.17, 15) is 13.2 Å². The molecule has 0 aliphatic carbocycles. The van der Waals surface area contributed by atoms with E-state index in [1.165, 1.54) is 4.31 Å². The van der Waals surface area contributed by atoms with Crippen LogP contribution in [0.4, 0.5) is 11.4 Å². The third kappa shape index (κ3) is 4.91. The summed E-state index contributed by atoms with van der Waals surface area (Å²) >= 11 is 0. The van der Waals surface area contributed by atoms with Crippen LogP contribution in [0.2, 0.25) is 0 Å². The van der Waals surface area contributed by atoms with Crippen LogP contribution in [-0.4, -0.2) is 40.3 Å². The molecule has 0 aromatic heterocycles. The predicted octanol–water partition coefficient (Wildman–Crippen LogP) is 2.64. The van der Waals surface area contributed by atoms with Crippen LogP contribution < -0.4 is 19.1 Å². The Bertz CT molecular complexity index is 897. The van der Waals surface area contributed by atoms with Gasteiger partial charge in [0.05, 0.1) is 18.6 Å². The highest BCUT2D eigenvalue weighted by atomic mass is 32.2. The average Bonchev–Trinajstić information content (AvgIpc) is 2.67. The van der Waals surface area contributed by atoms with E-state index < -0.39 is 10.0 Å². The number of anilines is 2. The molecule has 144 valence electrons. The highest BCUT2D eigenvalue weighted by Crippen LogP contribution is 2.25. The molecule has 1 aliphatic rings. The Kier molecular flexibility index (Phi) is 5.85. The number of hydrogen-bond acceptors (Lipinski definition) is 5. The largest absolute Gasteiger partial charge is 0.497 e. The van der Waals surface area contributed by atoms with E-state index in [4.69, 9.17) is 9.47 Å². The Balaban J connectivity index is 1.57. The van der Waals surface area contributed by atoms with Crippen molar-refractivity contribution < 1.29 is 22.7 Å². The number of methoxy groups -OCH3 is 1. The van der Waals surface area contributed by atoms with E-state index >= 15 is 0 Å². The van der Waals surface area contributed by atoms with Gasteiger partial charge in [-0.05, 0) is 49.2 Å². The predicted molar refractivity (Wildman–Crippen MR) is 104 cm³/mol. The molecule has 2 aromatic rings. The summed E-state index contributed by atoms with van der Waals surface area (Å²) < 4.78 is 36.3. The first kappa shape index (κ1) is 19.0. The highest BCUT2D eigenvalue weighted by molar-refractivity contribution is 7.92. The number of sulfonamides is 1. The third-order valence-electron chi connectivity index (χ3n) is 4.20. The second-order valence-electron chi connectivity index (χ2n) is 6.16. The summed E-state index contributed by atoms with van der Waals surface area (Å²) in [4.78, 5) is 12.1. The number of ether oxygens (including phenoxy) is 2. The lowest BCUT2D eigenvalue weighted by molar-refractivity contribution is -0.118. The molecule has 0 saturated carbocycles. The number of amides is 1. The highest BCUT2D eigenvalue weighted by Gasteiger charge is 2.25. The summed E-state index contributed by atoms with van der Waals surface area (Å²) in [5.41, 5.74) is 1.19. The summed E-state index contributed by atoms with van der Waals surface area (Å²) in [5.74, 6) is 1.05. The summed E-state index contributed by atoms with van der Waals surface area (Å²) in [6.45, 7) is 0.345. The van der Waals surface area contributed by atoms with E-state index in [0.29, 0.717) is 35.8 Å². The number of rotatable bonds is 6. The topological polar surface area (TPSA) is 84.9 Å². The van der Waals surface area contributed by atoms with E-state index in [0.717, 1.165) is 6.42 Å². The fourth-order valence-electron chi connectivity index (χ4n) is 2.83. The van der Waals surface area contributed by atoms with Crippen molar-refractivity contribution in [1.29, 1.82) is 0 Å². The maximum absolute atomic E-state index is 12.1. The maximum atomic E-state index is 12.1. The van der Waals surface area contributed by atoms with Crippen molar-refractivity contribution in [3.05, 3.63) is 48.5 Å². The van der Waals surface area contributed by atoms with Gasteiger partial charge in [-0.1, -0.05) is 6.07 Å². The molecule has 0 spiro atoms. The first-order valence-corrected chi connectivity index (χ1v) is 10.3. The Morgan fingerprint density at radius 3 is 2.56 bits per heavy atom. The molecule has 7 nitrogen and oxygen atoms in total. The summed E-state index contributed by atoms with van der Waals surface area (Å²) in [5, 5.41) is 2.73. The van der Waals surface area contributed by atoms with Crippen LogP contribution in [-0.2, 0) is 14.8 Å². The minimum Gasteiger partial charge on any atom is -0.497 e. The molecule has 1 N–H and O–H groups in total. The maximum Gasteiger partial charge on any atom is 0.262 e. The van der Waals surface area contributed by atoms with Crippen LogP contribution in [0.3, 0.4) is 0 Å². The van der Waals surface area contributed by atoms with Crippen molar-refractivity contribution in [1.82, 2.24) is 0 Å². The number of hydrogen-bond donors (Lipinski definition) is 1. The van der Waals surface area contributed by atoms with Crippen molar-refractivity contribution in [2.75, 3.05) is 35.6 Å². The van der Waals surface area contributed by atoms with E-state index in [2.05, 4.69) is 5.32 Å². The van der Waals surface area contributed by atoms with Crippen LogP contribution in [0, 0.1) is 0 Å². The number of carbonyl (C=O) groups is 1. The lowest BCUT2D eigenvalue weighted by Gasteiger charge is -2.28. The first-order chi connectivity index (χ1) is 13.0. The number of nitrogens with one attached hydrogen (secondary N) is 1. The number of nitrogens with zero attached hydrogens (tertiary/aromatic N) is 1. The summed E-state index contributed by atoms with van der Waals surface area (Å²) in [6.07, 6.45) is 1.54. The fourth-order valence-corrected chi connectivity index (χ4v) is 4.47. The van der Waals surface area contributed by atoms with Gasteiger partial charge in [-0.25, -0.2) is 8.42 Å². The zero-order chi connectivity index (χ0) is 19.3. The van der Waals surface area contributed by atoms with Gasteiger partial charge in [-0.2, -0.15) is 0 Å². The van der Waals surface area contributed by atoms with Gasteiger partial charge in [0.15, 0.2) is 6.61 Å². The lowest BCUT2D eigenvalue weighted by Crippen LogP contribution is -2.37. The molecule has 0 bridgehead atoms. The van der Waals surface area contributed by atoms with Gasteiger partial charge in [-0.15, -0.1) is 0 Å². The molecule has 8 heteroatoms. The molecular weight excluding hydrogens is 368 g/mol. The van der Waals surface area contributed by atoms with Crippen molar-refractivity contribution >= 4 is 27.3 Å². The molecule has 1 saturated heterocycles. The minimum atomic E-state index is -3.24. The molecule has 1 aliphatic heterocycles. The van der Waals surface area contributed by atoms with E-state index in [-0.39, 0.29) is 18.3 Å². The van der Waals surface area contributed by atoms with Crippen molar-refractivity contribution in [3.8, 4) is 11.5 Å². The molecule has 27 heavy (non-hydrogen) atoms. The Hall–Kier alpha value is -2.74. The van der Waals surface area contributed by atoms with Gasteiger partial charge >= 0.3 is 0 Å². The SMILES string of the molecule is COc1cccc(OCC(=O)Nc2ccc(N3CCCCS3(=O)=O)cc2)c1. The number of benzene rings is 2. The lowest BCUT2D eigenvalue weighted by atomic mass is 10.2. The van der Waals surface area contributed by atoms with Crippen LogP contribution in [0.25, 0.3) is 0 Å². The van der Waals surface area contributed by atoms with Gasteiger partial charge in [0.25, 0.3) is 5.91 Å². The van der Waals surface area contributed by atoms with Gasteiger partial charge in [0.2, 0.25) is 10.0 Å². The zero-order valence-corrected chi connectivity index (χ0v) is 15.9. The average molecular weight is 390 g/mol. The molecule has 3 rings (SSSR count). The van der Waals surface area contributed by atoms with Crippen molar-refractivity contribution in [2.45, 2.75) is 12.8 Å². The smallest absolute Gasteiger partial charge is 0.262 e. The fraction of sp³-hybridized carbons (Fsp3) is 0.316. The second kappa shape index (κ2) is 8.30. The molecular formula is C19H22N2O5S. The Morgan fingerprint density at radius 1 is 1.11 bits per heavy atom. The Morgan fingerprint density at radius 2 is 1.85 bits per heavy atom. The molecule has 1 fully saturated rings. The summed E-state index contributed by atoms with van der Waals surface area (Å²) in [7, 11) is -1.68.